The average Bonchev–Trinajstić information content (AvgIpc) is 3.07. The Hall–Kier alpha value is -2.20. The number of piperidine rings is 1. The van der Waals surface area contributed by atoms with Gasteiger partial charge in [0.1, 0.15) is 11.0 Å². The summed E-state index contributed by atoms with van der Waals surface area (Å²) in [5.41, 5.74) is 0.902. The molecule has 27 heavy (non-hydrogen) atoms. The summed E-state index contributed by atoms with van der Waals surface area (Å²) in [5.74, 6) is 0.0704. The van der Waals surface area contributed by atoms with Crippen LogP contribution in [0.15, 0.2) is 23.1 Å². The van der Waals surface area contributed by atoms with E-state index >= 15 is 0 Å². The van der Waals surface area contributed by atoms with Crippen LogP contribution in [-0.4, -0.2) is 60.0 Å². The molecule has 0 unspecified atom stereocenters. The third-order valence-corrected chi connectivity index (χ3v) is 6.40. The zero-order valence-corrected chi connectivity index (χ0v) is 16.4. The molecular weight excluding hydrogens is 370 g/mol. The predicted molar refractivity (Wildman–Crippen MR) is 99.4 cm³/mol. The quantitative estimate of drug-likeness (QED) is 0.743. The second-order valence-corrected chi connectivity index (χ2v) is 8.78. The van der Waals surface area contributed by atoms with Crippen LogP contribution in [0.2, 0.25) is 0 Å². The van der Waals surface area contributed by atoms with Crippen molar-refractivity contribution in [2.75, 3.05) is 26.2 Å². The Morgan fingerprint density at radius 1 is 1.41 bits per heavy atom. The first-order chi connectivity index (χ1) is 12.9. The van der Waals surface area contributed by atoms with Crippen molar-refractivity contribution in [3.63, 3.8) is 0 Å². The lowest BCUT2D eigenvalue weighted by Gasteiger charge is -2.30. The zero-order chi connectivity index (χ0) is 19.4. The maximum Gasteiger partial charge on any atom is 0.260 e. The molecule has 2 heterocycles. The molecule has 1 N–H and O–H groups in total. The average molecular weight is 395 g/mol. The molecule has 1 aromatic heterocycles. The van der Waals surface area contributed by atoms with Crippen molar-refractivity contribution in [2.45, 2.75) is 38.0 Å². The van der Waals surface area contributed by atoms with Crippen LogP contribution in [0.1, 0.15) is 33.1 Å². The lowest BCUT2D eigenvalue weighted by Crippen LogP contribution is -2.39. The van der Waals surface area contributed by atoms with Crippen LogP contribution in [0.3, 0.4) is 0 Å². The van der Waals surface area contributed by atoms with Crippen LogP contribution in [0.4, 0.5) is 0 Å². The number of aromatic nitrogens is 3. The van der Waals surface area contributed by atoms with Crippen molar-refractivity contribution in [3.05, 3.63) is 18.2 Å². The predicted octanol–water partition coefficient (Wildman–Crippen LogP) is 0.807. The molecule has 1 amide bonds. The van der Waals surface area contributed by atoms with Crippen LogP contribution < -0.4 is 10.2 Å². The van der Waals surface area contributed by atoms with Gasteiger partial charge in [0.05, 0.1) is 4.90 Å². The fourth-order valence-electron chi connectivity index (χ4n) is 3.08. The van der Waals surface area contributed by atoms with Crippen molar-refractivity contribution in [1.82, 2.24) is 24.8 Å². The number of hydrogen-bond acceptors (Lipinski definition) is 6. The number of amides is 1. The first-order valence-corrected chi connectivity index (χ1v) is 10.6. The van der Waals surface area contributed by atoms with Gasteiger partial charge in [-0.05, 0) is 48.6 Å². The van der Waals surface area contributed by atoms with Gasteiger partial charge in [-0.3, -0.25) is 4.79 Å². The van der Waals surface area contributed by atoms with Crippen LogP contribution in [0, 0.1) is 5.92 Å². The summed E-state index contributed by atoms with van der Waals surface area (Å²) in [4.78, 5) is 18.3. The molecule has 0 bridgehead atoms. The minimum absolute atomic E-state index is 0.173. The molecule has 1 aliphatic heterocycles. The van der Waals surface area contributed by atoms with Gasteiger partial charge in [0.2, 0.25) is 10.0 Å². The van der Waals surface area contributed by atoms with E-state index in [0.717, 1.165) is 24.1 Å². The first-order valence-electron chi connectivity index (χ1n) is 9.17. The van der Waals surface area contributed by atoms with Crippen LogP contribution in [0.5, 0.6) is 0 Å². The van der Waals surface area contributed by atoms with Crippen LogP contribution in [-0.2, 0) is 14.8 Å². The number of carbonyl (C=O) groups is 1. The van der Waals surface area contributed by atoms with E-state index in [4.69, 9.17) is 4.84 Å². The highest BCUT2D eigenvalue weighted by Gasteiger charge is 2.29. The van der Waals surface area contributed by atoms with E-state index in [1.807, 2.05) is 6.92 Å². The summed E-state index contributed by atoms with van der Waals surface area (Å²) in [5, 5.41) is 10.5. The van der Waals surface area contributed by atoms with E-state index < -0.39 is 10.0 Å². The Kier molecular flexibility index (Phi) is 5.95. The summed E-state index contributed by atoms with van der Waals surface area (Å²) in [6, 6.07) is 4.62. The maximum absolute atomic E-state index is 13.0. The van der Waals surface area contributed by atoms with Gasteiger partial charge in [-0.25, -0.2) is 8.42 Å². The van der Waals surface area contributed by atoms with Gasteiger partial charge in [0.15, 0.2) is 6.61 Å². The SMILES string of the molecule is CCCNC(=O)COn1nnc2ccc(S(=O)(=O)N3CCC[C@H](C)C3)cc21. The third kappa shape index (κ3) is 4.38. The van der Waals surface area contributed by atoms with Crippen molar-refractivity contribution in [3.8, 4) is 0 Å². The molecule has 0 spiro atoms. The van der Waals surface area contributed by atoms with Gasteiger partial charge < -0.3 is 10.2 Å². The summed E-state index contributed by atoms with van der Waals surface area (Å²) in [6.07, 6.45) is 2.72. The standard InChI is InChI=1S/C17H25N5O4S/c1-3-8-18-17(23)12-26-22-16-10-14(6-7-15(16)19-20-22)27(24,25)21-9-4-5-13(2)11-21/h6-7,10,13H,3-5,8-9,11-12H2,1-2H3,(H,18,23)/t13-/m0/s1. The number of rotatable bonds is 7. The Balaban J connectivity index is 1.81. The van der Waals surface area contributed by atoms with Crippen molar-refractivity contribution < 1.29 is 18.0 Å². The van der Waals surface area contributed by atoms with Crippen molar-refractivity contribution >= 4 is 27.0 Å². The number of nitrogens with zero attached hydrogens (tertiary/aromatic N) is 4. The highest BCUT2D eigenvalue weighted by Crippen LogP contribution is 2.25. The molecule has 9 nitrogen and oxygen atoms in total. The van der Waals surface area contributed by atoms with Gasteiger partial charge in [-0.2, -0.15) is 4.31 Å². The molecule has 1 aliphatic rings. The van der Waals surface area contributed by atoms with E-state index in [9.17, 15) is 13.2 Å². The van der Waals surface area contributed by atoms with Crippen LogP contribution in [0.25, 0.3) is 11.0 Å². The Bertz CT molecular complexity index is 911. The first kappa shape index (κ1) is 19.6. The third-order valence-electron chi connectivity index (χ3n) is 4.53. The summed E-state index contributed by atoms with van der Waals surface area (Å²) in [6.45, 7) is 5.40. The van der Waals surface area contributed by atoms with E-state index in [0.29, 0.717) is 36.6 Å². The summed E-state index contributed by atoms with van der Waals surface area (Å²) < 4.78 is 27.5. The molecule has 0 aliphatic carbocycles. The molecular formula is C17H25N5O4S. The van der Waals surface area contributed by atoms with E-state index in [1.54, 1.807) is 6.07 Å². The number of hydrogen-bond donors (Lipinski definition) is 1. The van der Waals surface area contributed by atoms with Gasteiger partial charge in [-0.1, -0.05) is 18.7 Å². The number of benzene rings is 1. The number of carbonyl (C=O) groups excluding carboxylic acids is 1. The second kappa shape index (κ2) is 8.22. The molecule has 1 saturated heterocycles. The van der Waals surface area contributed by atoms with Gasteiger partial charge in [-0.15, -0.1) is 5.10 Å². The highest BCUT2D eigenvalue weighted by atomic mass is 32.2. The summed E-state index contributed by atoms with van der Waals surface area (Å²) >= 11 is 0. The van der Waals surface area contributed by atoms with Gasteiger partial charge in [0, 0.05) is 19.6 Å². The Labute approximate surface area is 158 Å². The molecule has 1 aromatic carbocycles. The molecule has 0 radical (unpaired) electrons. The molecule has 0 saturated carbocycles. The lowest BCUT2D eigenvalue weighted by atomic mass is 10.0. The number of sulfonamides is 1. The fraction of sp³-hybridized carbons (Fsp3) is 0.588. The largest absolute Gasteiger partial charge is 0.385 e. The molecule has 2 aromatic rings. The topological polar surface area (TPSA) is 106 Å². The van der Waals surface area contributed by atoms with E-state index in [2.05, 4.69) is 22.6 Å². The molecule has 10 heteroatoms. The minimum Gasteiger partial charge on any atom is -0.385 e. The van der Waals surface area contributed by atoms with Gasteiger partial charge in [0.25, 0.3) is 5.91 Å². The maximum atomic E-state index is 13.0. The minimum atomic E-state index is -3.59. The second-order valence-electron chi connectivity index (χ2n) is 6.85. The number of fused-ring (bicyclic) bond motifs is 1. The Morgan fingerprint density at radius 2 is 2.22 bits per heavy atom. The monoisotopic (exact) mass is 395 g/mol. The molecule has 1 fully saturated rings. The lowest BCUT2D eigenvalue weighted by molar-refractivity contribution is -0.126. The van der Waals surface area contributed by atoms with Crippen molar-refractivity contribution in [2.24, 2.45) is 5.92 Å². The molecule has 148 valence electrons. The normalized spacial score (nSPS) is 18.5. The smallest absolute Gasteiger partial charge is 0.260 e. The zero-order valence-electron chi connectivity index (χ0n) is 15.6. The fourth-order valence-corrected chi connectivity index (χ4v) is 4.70. The van der Waals surface area contributed by atoms with E-state index in [-0.39, 0.29) is 17.4 Å². The van der Waals surface area contributed by atoms with Gasteiger partial charge >= 0.3 is 0 Å². The van der Waals surface area contributed by atoms with Crippen molar-refractivity contribution in [1.29, 1.82) is 0 Å². The highest BCUT2D eigenvalue weighted by molar-refractivity contribution is 7.89. The van der Waals surface area contributed by atoms with Crippen LogP contribution >= 0.6 is 0 Å². The molecule has 1 atom stereocenters. The number of nitrogens with one attached hydrogen (secondary N) is 1. The Morgan fingerprint density at radius 3 is 2.96 bits per heavy atom. The summed E-state index contributed by atoms with van der Waals surface area (Å²) in [7, 11) is -3.59. The molecule has 3 rings (SSSR count). The van der Waals surface area contributed by atoms with E-state index in [1.165, 1.54) is 16.4 Å².